The van der Waals surface area contributed by atoms with Crippen molar-refractivity contribution in [2.45, 2.75) is 18.6 Å². The minimum absolute atomic E-state index is 0.0672. The third-order valence-corrected chi connectivity index (χ3v) is 3.13. The lowest BCUT2D eigenvalue weighted by Gasteiger charge is -2.33. The van der Waals surface area contributed by atoms with E-state index in [9.17, 15) is 13.5 Å². The summed E-state index contributed by atoms with van der Waals surface area (Å²) in [5.74, 6) is 0. The molecule has 9 heteroatoms. The molecule has 2 atom stereocenters. The number of aliphatic hydroxyl groups excluding tert-OH is 1. The lowest BCUT2D eigenvalue weighted by atomic mass is 10.0. The summed E-state index contributed by atoms with van der Waals surface area (Å²) in [6.07, 6.45) is 0.845. The maximum Gasteiger partial charge on any atom is 0.264 e. The molecule has 0 unspecified atom stereocenters. The first-order valence-electron chi connectivity index (χ1n) is 5.21. The predicted octanol–water partition coefficient (Wildman–Crippen LogP) is -0.292. The van der Waals surface area contributed by atoms with Gasteiger partial charge in [-0.25, -0.2) is 0 Å². The number of rotatable bonds is 5. The van der Waals surface area contributed by atoms with Crippen molar-refractivity contribution in [1.29, 1.82) is 0 Å². The van der Waals surface area contributed by atoms with Crippen LogP contribution in [0.1, 0.15) is 6.42 Å². The molecule has 1 rings (SSSR count). The second-order valence-corrected chi connectivity index (χ2v) is 5.60. The van der Waals surface area contributed by atoms with Crippen molar-refractivity contribution < 1.29 is 17.7 Å². The normalized spacial score (nSPS) is 26.5. The lowest BCUT2D eigenvalue weighted by Crippen LogP contribution is -2.46. The zero-order valence-corrected chi connectivity index (χ0v) is 10.4. The van der Waals surface area contributed by atoms with Crippen LogP contribution in [0.4, 0.5) is 0 Å². The van der Waals surface area contributed by atoms with Crippen molar-refractivity contribution in [3.8, 4) is 0 Å². The van der Waals surface area contributed by atoms with Gasteiger partial charge >= 0.3 is 0 Å². The largest absolute Gasteiger partial charge is 0.391 e. The van der Waals surface area contributed by atoms with Gasteiger partial charge in [0.2, 0.25) is 0 Å². The van der Waals surface area contributed by atoms with Gasteiger partial charge in [-0.3, -0.25) is 9.08 Å². The highest BCUT2D eigenvalue weighted by atomic mass is 32.2. The number of nitrogens with zero attached hydrogens (tertiary/aromatic N) is 4. The van der Waals surface area contributed by atoms with E-state index in [1.165, 1.54) is 0 Å². The van der Waals surface area contributed by atoms with Crippen molar-refractivity contribution in [3.63, 3.8) is 0 Å². The van der Waals surface area contributed by atoms with Crippen LogP contribution in [0.2, 0.25) is 0 Å². The van der Waals surface area contributed by atoms with Gasteiger partial charge in [-0.1, -0.05) is 5.11 Å². The summed E-state index contributed by atoms with van der Waals surface area (Å²) in [7, 11) is -3.41. The van der Waals surface area contributed by atoms with Crippen LogP contribution < -0.4 is 0 Å². The molecule has 8 nitrogen and oxygen atoms in total. The second kappa shape index (κ2) is 6.18. The average Bonchev–Trinajstić information content (AvgIpc) is 2.20. The van der Waals surface area contributed by atoms with Crippen LogP contribution in [0.5, 0.6) is 0 Å². The zero-order valence-electron chi connectivity index (χ0n) is 9.56. The number of hydrogen-bond donors (Lipinski definition) is 1. The van der Waals surface area contributed by atoms with Crippen LogP contribution in [0.15, 0.2) is 5.11 Å². The summed E-state index contributed by atoms with van der Waals surface area (Å²) in [6.45, 7) is 1.50. The molecule has 1 aliphatic rings. The highest BCUT2D eigenvalue weighted by Crippen LogP contribution is 2.14. The third-order valence-electron chi connectivity index (χ3n) is 2.54. The van der Waals surface area contributed by atoms with Crippen LogP contribution >= 0.6 is 0 Å². The lowest BCUT2D eigenvalue weighted by molar-refractivity contribution is 0.0481. The summed E-state index contributed by atoms with van der Waals surface area (Å²) in [5.41, 5.74) is 8.28. The fourth-order valence-corrected chi connectivity index (χ4v) is 2.08. The standard InChI is InChI=1S/C8H16N4O4S/c1-17(14,15)16-5-4-12-3-2-7(10-11-9)8(13)6-12/h7-8,13H,2-6H2,1H3/t7-,8+/m0/s1. The Morgan fingerprint density at radius 2 is 2.35 bits per heavy atom. The summed E-state index contributed by atoms with van der Waals surface area (Å²) in [4.78, 5) is 4.55. The van der Waals surface area contributed by atoms with Crippen molar-refractivity contribution in [2.24, 2.45) is 5.11 Å². The van der Waals surface area contributed by atoms with Gasteiger partial charge < -0.3 is 5.11 Å². The van der Waals surface area contributed by atoms with E-state index in [-0.39, 0.29) is 6.61 Å². The van der Waals surface area contributed by atoms with E-state index >= 15 is 0 Å². The summed E-state index contributed by atoms with van der Waals surface area (Å²) in [6, 6.07) is -0.396. The number of azide groups is 1. The first-order chi connectivity index (χ1) is 7.92. The molecule has 0 saturated carbocycles. The van der Waals surface area contributed by atoms with Gasteiger partial charge in [-0.15, -0.1) is 0 Å². The molecule has 0 aromatic rings. The quantitative estimate of drug-likeness (QED) is 0.317. The molecule has 0 bridgehead atoms. The Kier molecular flexibility index (Phi) is 5.16. The molecule has 98 valence electrons. The van der Waals surface area contributed by atoms with Crippen LogP contribution in [-0.4, -0.2) is 63.1 Å². The van der Waals surface area contributed by atoms with Crippen LogP contribution in [0.3, 0.4) is 0 Å². The van der Waals surface area contributed by atoms with Crippen molar-refractivity contribution >= 4 is 10.1 Å². The van der Waals surface area contributed by atoms with E-state index in [0.717, 1.165) is 6.26 Å². The Hall–Kier alpha value is -0.860. The second-order valence-electron chi connectivity index (χ2n) is 3.95. The monoisotopic (exact) mass is 264 g/mol. The molecule has 1 heterocycles. The fourth-order valence-electron chi connectivity index (χ4n) is 1.71. The van der Waals surface area contributed by atoms with Gasteiger partial charge in [0.1, 0.15) is 0 Å². The van der Waals surface area contributed by atoms with E-state index in [0.29, 0.717) is 26.1 Å². The molecular formula is C8H16N4O4S. The zero-order chi connectivity index (χ0) is 12.9. The molecule has 17 heavy (non-hydrogen) atoms. The molecule has 1 aliphatic heterocycles. The Balaban J connectivity index is 2.32. The maximum atomic E-state index is 10.7. The summed E-state index contributed by atoms with van der Waals surface area (Å²) >= 11 is 0. The summed E-state index contributed by atoms with van der Waals surface area (Å²) in [5, 5.41) is 13.2. The highest BCUT2D eigenvalue weighted by molar-refractivity contribution is 7.85. The molecule has 0 aromatic heterocycles. The first-order valence-corrected chi connectivity index (χ1v) is 7.03. The van der Waals surface area contributed by atoms with Gasteiger partial charge in [-0.05, 0) is 18.5 Å². The van der Waals surface area contributed by atoms with Crippen LogP contribution in [0, 0.1) is 0 Å². The van der Waals surface area contributed by atoms with Gasteiger partial charge in [0.25, 0.3) is 10.1 Å². The van der Waals surface area contributed by atoms with E-state index in [2.05, 4.69) is 14.2 Å². The molecular weight excluding hydrogens is 248 g/mol. The molecule has 0 aliphatic carbocycles. The van der Waals surface area contributed by atoms with Gasteiger partial charge in [0, 0.05) is 18.0 Å². The molecule has 0 aromatic carbocycles. The number of piperidine rings is 1. The predicted molar refractivity (Wildman–Crippen MR) is 60.8 cm³/mol. The number of β-amino-alcohol motifs (C(OH)–C–C–N with tert-alkyl or cyclic N) is 1. The fraction of sp³-hybridized carbons (Fsp3) is 1.00. The Labute approximate surface area is 99.9 Å². The topological polar surface area (TPSA) is 116 Å². The molecule has 1 N–H and O–H groups in total. The van der Waals surface area contributed by atoms with E-state index in [1.54, 1.807) is 0 Å². The minimum atomic E-state index is -3.41. The Bertz CT molecular complexity index is 392. The Morgan fingerprint density at radius 3 is 2.88 bits per heavy atom. The molecule has 0 radical (unpaired) electrons. The average molecular weight is 264 g/mol. The minimum Gasteiger partial charge on any atom is -0.391 e. The smallest absolute Gasteiger partial charge is 0.264 e. The van der Waals surface area contributed by atoms with Gasteiger partial charge in [0.15, 0.2) is 0 Å². The van der Waals surface area contributed by atoms with Gasteiger partial charge in [0.05, 0.1) is 25.0 Å². The summed E-state index contributed by atoms with van der Waals surface area (Å²) < 4.78 is 26.1. The maximum absolute atomic E-state index is 10.7. The molecule has 0 amide bonds. The van der Waals surface area contributed by atoms with Crippen molar-refractivity contribution in [1.82, 2.24) is 4.90 Å². The van der Waals surface area contributed by atoms with Crippen molar-refractivity contribution in [3.05, 3.63) is 10.4 Å². The van der Waals surface area contributed by atoms with Crippen molar-refractivity contribution in [2.75, 3.05) is 32.5 Å². The van der Waals surface area contributed by atoms with E-state index in [4.69, 9.17) is 5.53 Å². The van der Waals surface area contributed by atoms with Crippen LogP contribution in [-0.2, 0) is 14.3 Å². The Morgan fingerprint density at radius 1 is 1.65 bits per heavy atom. The van der Waals surface area contributed by atoms with Crippen LogP contribution in [0.25, 0.3) is 10.4 Å². The highest BCUT2D eigenvalue weighted by Gasteiger charge is 2.26. The molecule has 0 spiro atoms. The van der Waals surface area contributed by atoms with E-state index in [1.807, 2.05) is 4.90 Å². The molecule has 1 fully saturated rings. The number of likely N-dealkylation sites (tertiary alicyclic amines) is 1. The third kappa shape index (κ3) is 5.33. The van der Waals surface area contributed by atoms with Gasteiger partial charge in [-0.2, -0.15) is 8.42 Å². The number of aliphatic hydroxyl groups is 1. The SMILES string of the molecule is CS(=O)(=O)OCCN1CC[C@H](N=[N+]=[N-])[C@H](O)C1. The number of hydrogen-bond acceptors (Lipinski definition) is 6. The molecule has 1 saturated heterocycles. The van der Waals surface area contributed by atoms with E-state index < -0.39 is 22.3 Å². The first kappa shape index (κ1) is 14.2.